The number of aliphatic hydroxyl groups excluding tert-OH is 1. The first-order valence-electron chi connectivity index (χ1n) is 6.96. The van der Waals surface area contributed by atoms with Gasteiger partial charge in [0.05, 0.1) is 12.2 Å². The molecule has 1 fully saturated rings. The summed E-state index contributed by atoms with van der Waals surface area (Å²) in [6, 6.07) is 12.5. The van der Waals surface area contributed by atoms with Crippen molar-refractivity contribution in [3.8, 4) is 0 Å². The summed E-state index contributed by atoms with van der Waals surface area (Å²) in [6.07, 6.45) is 0.627. The van der Waals surface area contributed by atoms with Crippen LogP contribution in [0.4, 0.5) is 0 Å². The van der Waals surface area contributed by atoms with Gasteiger partial charge in [0.25, 0.3) is 0 Å². The lowest BCUT2D eigenvalue weighted by Crippen LogP contribution is -2.20. The second-order valence-electron chi connectivity index (χ2n) is 5.49. The number of rotatable bonds is 2. The van der Waals surface area contributed by atoms with Crippen LogP contribution in [0.5, 0.6) is 0 Å². The number of aryl methyl sites for hydroxylation is 1. The molecule has 1 aliphatic rings. The van der Waals surface area contributed by atoms with Gasteiger partial charge in [-0.3, -0.25) is 0 Å². The van der Waals surface area contributed by atoms with Crippen molar-refractivity contribution in [3.63, 3.8) is 0 Å². The van der Waals surface area contributed by atoms with E-state index < -0.39 is 6.10 Å². The van der Waals surface area contributed by atoms with Gasteiger partial charge in [-0.1, -0.05) is 36.4 Å². The second-order valence-corrected chi connectivity index (χ2v) is 5.49. The molecule has 0 aliphatic carbocycles. The predicted octanol–water partition coefficient (Wildman–Crippen LogP) is 3.61. The van der Waals surface area contributed by atoms with E-state index >= 15 is 0 Å². The van der Waals surface area contributed by atoms with Crippen molar-refractivity contribution in [2.45, 2.75) is 32.5 Å². The van der Waals surface area contributed by atoms with E-state index in [1.807, 2.05) is 12.1 Å². The number of fused-ring (bicyclic) bond motifs is 1. The highest BCUT2D eigenvalue weighted by Crippen LogP contribution is 2.37. The van der Waals surface area contributed by atoms with Gasteiger partial charge < -0.3 is 9.84 Å². The van der Waals surface area contributed by atoms with Crippen LogP contribution in [0.2, 0.25) is 0 Å². The van der Waals surface area contributed by atoms with Gasteiger partial charge in [0.2, 0.25) is 0 Å². The fourth-order valence-corrected chi connectivity index (χ4v) is 3.17. The van der Waals surface area contributed by atoms with Crippen molar-refractivity contribution < 1.29 is 9.84 Å². The molecular formula is C17H20O2. The van der Waals surface area contributed by atoms with Crippen molar-refractivity contribution in [1.82, 2.24) is 0 Å². The largest absolute Gasteiger partial charge is 0.388 e. The van der Waals surface area contributed by atoms with Crippen LogP contribution >= 0.6 is 0 Å². The lowest BCUT2D eigenvalue weighted by atomic mass is 9.86. The highest BCUT2D eigenvalue weighted by atomic mass is 16.5. The van der Waals surface area contributed by atoms with Crippen molar-refractivity contribution in [2.24, 2.45) is 5.92 Å². The molecule has 1 saturated heterocycles. The van der Waals surface area contributed by atoms with Gasteiger partial charge in [0, 0.05) is 12.5 Å². The smallest absolute Gasteiger partial charge is 0.0852 e. The Hall–Kier alpha value is -1.38. The van der Waals surface area contributed by atoms with Crippen LogP contribution in [0.1, 0.15) is 30.6 Å². The third-order valence-corrected chi connectivity index (χ3v) is 4.32. The summed E-state index contributed by atoms with van der Waals surface area (Å²) in [5.74, 6) is 0.199. The van der Waals surface area contributed by atoms with Crippen LogP contribution in [-0.2, 0) is 4.74 Å². The zero-order valence-corrected chi connectivity index (χ0v) is 11.5. The number of hydrogen-bond acceptors (Lipinski definition) is 2. The molecule has 19 heavy (non-hydrogen) atoms. The topological polar surface area (TPSA) is 29.5 Å². The molecule has 2 heteroatoms. The molecule has 0 saturated carbocycles. The summed E-state index contributed by atoms with van der Waals surface area (Å²) < 4.78 is 5.60. The lowest BCUT2D eigenvalue weighted by Gasteiger charge is -2.24. The summed E-state index contributed by atoms with van der Waals surface area (Å²) in [6.45, 7) is 4.89. The quantitative estimate of drug-likeness (QED) is 0.889. The first-order valence-corrected chi connectivity index (χ1v) is 6.96. The lowest BCUT2D eigenvalue weighted by molar-refractivity contribution is 0.0436. The molecule has 0 radical (unpaired) electrons. The minimum Gasteiger partial charge on any atom is -0.388 e. The molecule has 3 atom stereocenters. The van der Waals surface area contributed by atoms with E-state index in [-0.39, 0.29) is 12.0 Å². The van der Waals surface area contributed by atoms with Crippen molar-refractivity contribution in [2.75, 3.05) is 6.61 Å². The number of hydrogen-bond donors (Lipinski definition) is 1. The fourth-order valence-electron chi connectivity index (χ4n) is 3.17. The molecular weight excluding hydrogens is 236 g/mol. The van der Waals surface area contributed by atoms with E-state index in [0.717, 1.165) is 29.5 Å². The Bertz CT molecular complexity index is 591. The Morgan fingerprint density at radius 1 is 1.21 bits per heavy atom. The van der Waals surface area contributed by atoms with Gasteiger partial charge in [-0.05, 0) is 42.2 Å². The molecule has 1 aliphatic heterocycles. The van der Waals surface area contributed by atoms with E-state index in [9.17, 15) is 5.11 Å². The van der Waals surface area contributed by atoms with E-state index in [1.165, 1.54) is 5.39 Å². The van der Waals surface area contributed by atoms with Crippen molar-refractivity contribution in [1.29, 1.82) is 0 Å². The van der Waals surface area contributed by atoms with Crippen molar-refractivity contribution >= 4 is 10.8 Å². The van der Waals surface area contributed by atoms with E-state index in [1.54, 1.807) is 0 Å². The Balaban J connectivity index is 2.10. The zero-order valence-electron chi connectivity index (χ0n) is 11.5. The maximum atomic E-state index is 10.8. The molecule has 2 aromatic carbocycles. The molecule has 0 aromatic heterocycles. The average Bonchev–Trinajstić information content (AvgIpc) is 2.84. The van der Waals surface area contributed by atoms with E-state index in [4.69, 9.17) is 4.74 Å². The molecule has 1 heterocycles. The minimum absolute atomic E-state index is 0.133. The highest BCUT2D eigenvalue weighted by Gasteiger charge is 2.33. The van der Waals surface area contributed by atoms with Gasteiger partial charge in [-0.25, -0.2) is 0 Å². The number of aliphatic hydroxyl groups is 1. The molecule has 2 aromatic rings. The van der Waals surface area contributed by atoms with Gasteiger partial charge in [-0.15, -0.1) is 0 Å². The van der Waals surface area contributed by atoms with Crippen LogP contribution in [0.15, 0.2) is 36.4 Å². The monoisotopic (exact) mass is 256 g/mol. The Morgan fingerprint density at radius 2 is 2.00 bits per heavy atom. The maximum Gasteiger partial charge on any atom is 0.0852 e. The predicted molar refractivity (Wildman–Crippen MR) is 77.2 cm³/mol. The number of ether oxygens (including phenoxy) is 1. The molecule has 2 nitrogen and oxygen atoms in total. The summed E-state index contributed by atoms with van der Waals surface area (Å²) in [4.78, 5) is 0. The van der Waals surface area contributed by atoms with Crippen LogP contribution < -0.4 is 0 Å². The van der Waals surface area contributed by atoms with Crippen LogP contribution in [-0.4, -0.2) is 17.8 Å². The zero-order chi connectivity index (χ0) is 13.4. The van der Waals surface area contributed by atoms with Crippen LogP contribution in [0.25, 0.3) is 10.8 Å². The number of benzene rings is 2. The van der Waals surface area contributed by atoms with Crippen LogP contribution in [0, 0.1) is 12.8 Å². The molecule has 0 bridgehead atoms. The minimum atomic E-state index is -0.441. The standard InChI is InChI=1S/C17H20O2/c1-11-7-8-13-5-3-4-6-15(13)16(11)17(18)14-9-10-19-12(14)2/h3-8,12,14,17-18H,9-10H2,1-2H3. The molecule has 3 rings (SSSR count). The SMILES string of the molecule is Cc1ccc2ccccc2c1C(O)C1CCOC1C. The average molecular weight is 256 g/mol. The fraction of sp³-hybridized carbons (Fsp3) is 0.412. The maximum absolute atomic E-state index is 10.8. The Morgan fingerprint density at radius 3 is 2.74 bits per heavy atom. The second kappa shape index (κ2) is 4.95. The highest BCUT2D eigenvalue weighted by molar-refractivity contribution is 5.87. The molecule has 1 N–H and O–H groups in total. The summed E-state index contributed by atoms with van der Waals surface area (Å²) >= 11 is 0. The first kappa shape index (κ1) is 12.6. The van der Waals surface area contributed by atoms with E-state index in [0.29, 0.717) is 0 Å². The van der Waals surface area contributed by atoms with Crippen LogP contribution in [0.3, 0.4) is 0 Å². The molecule has 0 amide bonds. The third-order valence-electron chi connectivity index (χ3n) is 4.32. The Kier molecular flexibility index (Phi) is 3.29. The third kappa shape index (κ3) is 2.15. The summed E-state index contributed by atoms with van der Waals surface area (Å²) in [5.41, 5.74) is 2.23. The molecule has 100 valence electrons. The first-order chi connectivity index (χ1) is 9.18. The summed E-state index contributed by atoms with van der Waals surface area (Å²) in [7, 11) is 0. The van der Waals surface area contributed by atoms with Gasteiger partial charge in [0.15, 0.2) is 0 Å². The Labute approximate surface area is 114 Å². The molecule has 3 unspecified atom stereocenters. The van der Waals surface area contributed by atoms with Gasteiger partial charge >= 0.3 is 0 Å². The van der Waals surface area contributed by atoms with Gasteiger partial charge in [0.1, 0.15) is 0 Å². The molecule has 0 spiro atoms. The van der Waals surface area contributed by atoms with E-state index in [2.05, 4.69) is 38.1 Å². The van der Waals surface area contributed by atoms with Gasteiger partial charge in [-0.2, -0.15) is 0 Å². The summed E-state index contributed by atoms with van der Waals surface area (Å²) in [5, 5.41) is 13.1. The van der Waals surface area contributed by atoms with Crippen molar-refractivity contribution in [3.05, 3.63) is 47.5 Å². The normalized spacial score (nSPS) is 24.8.